The van der Waals surface area contributed by atoms with Gasteiger partial charge in [-0.2, -0.15) is 0 Å². The normalized spacial score (nSPS) is 12.9. The largest absolute Gasteiger partial charge is 0.458 e. The SMILES string of the molecule is CC(C)(C)c1ccnc(-n2c3ccc(C(C)(C)c4ccccc4)cc3c3ccc(Oc4cccc(-n5[c-][n+](-c6cc(C(C)(C)c7ccccc7)cc(C(C)(C)c7ccccc7)c6)c(C(C)(C)C)c5C(C)(C)C)c4)cc32)c1. The summed E-state index contributed by atoms with van der Waals surface area (Å²) in [5.41, 5.74) is 14.1. The maximum Gasteiger partial charge on any atom is 0.269 e. The first-order chi connectivity index (χ1) is 35.8. The topological polar surface area (TPSA) is 35.9 Å². The number of aromatic nitrogens is 4. The van der Waals surface area contributed by atoms with Crippen LogP contribution in [-0.4, -0.2) is 14.1 Å². The zero-order chi connectivity index (χ0) is 54.2. The molecule has 0 amide bonds. The Bertz CT molecular complexity index is 3670. The Hall–Kier alpha value is -7.50. The predicted molar refractivity (Wildman–Crippen MR) is 317 cm³/mol. The lowest BCUT2D eigenvalue weighted by atomic mass is 9.73. The van der Waals surface area contributed by atoms with Crippen LogP contribution in [0.5, 0.6) is 11.5 Å². The number of nitrogens with zero attached hydrogens (tertiary/aromatic N) is 4. The van der Waals surface area contributed by atoms with Crippen LogP contribution >= 0.6 is 0 Å². The summed E-state index contributed by atoms with van der Waals surface area (Å²) in [6, 6.07) is 66.1. The van der Waals surface area contributed by atoms with Gasteiger partial charge >= 0.3 is 0 Å². The molecule has 3 aromatic heterocycles. The van der Waals surface area contributed by atoms with Gasteiger partial charge in [-0.1, -0.05) is 213 Å². The number of ether oxygens (including phenoxy) is 1. The summed E-state index contributed by atoms with van der Waals surface area (Å²) in [5.74, 6) is 2.37. The van der Waals surface area contributed by atoms with Crippen LogP contribution in [0.3, 0.4) is 0 Å². The summed E-state index contributed by atoms with van der Waals surface area (Å²) < 4.78 is 13.9. The zero-order valence-corrected chi connectivity index (χ0v) is 47.6. The van der Waals surface area contributed by atoms with Crippen molar-refractivity contribution >= 4 is 21.8 Å². The molecule has 0 saturated heterocycles. The van der Waals surface area contributed by atoms with Gasteiger partial charge in [0, 0.05) is 39.3 Å². The molecule has 386 valence electrons. The number of fused-ring (bicyclic) bond motifs is 3. The Kier molecular flexibility index (Phi) is 13.0. The third-order valence-electron chi connectivity index (χ3n) is 16.0. The third kappa shape index (κ3) is 9.59. The minimum Gasteiger partial charge on any atom is -0.458 e. The Morgan fingerprint density at radius 3 is 1.50 bits per heavy atom. The van der Waals surface area contributed by atoms with Crippen molar-refractivity contribution in [2.24, 2.45) is 0 Å². The lowest BCUT2D eigenvalue weighted by Gasteiger charge is -2.33. The highest BCUT2D eigenvalue weighted by Gasteiger charge is 2.36. The molecular formula is C71H76N4O. The molecule has 0 radical (unpaired) electrons. The van der Waals surface area contributed by atoms with Gasteiger partial charge in [-0.25, -0.2) is 4.98 Å². The highest BCUT2D eigenvalue weighted by atomic mass is 16.5. The summed E-state index contributed by atoms with van der Waals surface area (Å²) in [6.07, 6.45) is 5.94. The molecule has 0 aliphatic heterocycles. The van der Waals surface area contributed by atoms with E-state index in [-0.39, 0.29) is 32.5 Å². The number of pyridine rings is 1. The van der Waals surface area contributed by atoms with Crippen LogP contribution in [0.2, 0.25) is 0 Å². The summed E-state index contributed by atoms with van der Waals surface area (Å²) in [5, 5.41) is 2.33. The molecule has 0 atom stereocenters. The van der Waals surface area contributed by atoms with Gasteiger partial charge in [0.2, 0.25) is 0 Å². The number of imidazole rings is 1. The summed E-state index contributed by atoms with van der Waals surface area (Å²) in [7, 11) is 0. The maximum absolute atomic E-state index is 6.99. The first-order valence-corrected chi connectivity index (χ1v) is 27.1. The molecule has 0 fully saturated rings. The summed E-state index contributed by atoms with van der Waals surface area (Å²) in [4.78, 5) is 5.02. The highest BCUT2D eigenvalue weighted by molar-refractivity contribution is 6.10. The second-order valence-corrected chi connectivity index (χ2v) is 25.7. The Balaban J connectivity index is 1.12. The van der Waals surface area contributed by atoms with Crippen molar-refractivity contribution in [1.29, 1.82) is 0 Å². The van der Waals surface area contributed by atoms with E-state index in [1.165, 1.54) is 55.7 Å². The molecular weight excluding hydrogens is 925 g/mol. The fourth-order valence-electron chi connectivity index (χ4n) is 11.2. The lowest BCUT2D eigenvalue weighted by molar-refractivity contribution is -0.611. The smallest absolute Gasteiger partial charge is 0.269 e. The molecule has 5 heteroatoms. The van der Waals surface area contributed by atoms with Crippen molar-refractivity contribution in [1.82, 2.24) is 14.1 Å². The standard InChI is InChI=1S/C71H76N4O/c1-66(2,3)51-38-39-72-63(44-51)75-61-37-34-52(69(10,11)48-26-19-16-20-27-48)43-60(61)59-36-35-58(46-62(59)75)76-57-33-25-32-55(45-57)73-47-74(65(68(7,8)9)64(73)67(4,5)6)56-41-53(70(12,13)49-28-21-17-22-29-49)40-54(42-56)71(14,15)50-30-23-18-24-31-50/h16-46H,1-15H3. The molecule has 10 rings (SSSR count). The molecule has 76 heavy (non-hydrogen) atoms. The predicted octanol–water partition coefficient (Wildman–Crippen LogP) is 17.7. The van der Waals surface area contributed by atoms with Crippen LogP contribution in [0.25, 0.3) is 39.0 Å². The molecule has 10 aromatic rings. The van der Waals surface area contributed by atoms with Crippen LogP contribution in [0.15, 0.2) is 188 Å². The average Bonchev–Trinajstić information content (AvgIpc) is 4.03. The van der Waals surface area contributed by atoms with E-state index >= 15 is 0 Å². The van der Waals surface area contributed by atoms with Crippen molar-refractivity contribution in [2.75, 3.05) is 0 Å². The first kappa shape index (κ1) is 52.0. The fourth-order valence-corrected chi connectivity index (χ4v) is 11.2. The van der Waals surface area contributed by atoms with Gasteiger partial charge in [-0.3, -0.25) is 13.7 Å². The van der Waals surface area contributed by atoms with Gasteiger partial charge in [0.25, 0.3) is 6.33 Å². The van der Waals surface area contributed by atoms with Crippen LogP contribution in [0.1, 0.15) is 154 Å². The van der Waals surface area contributed by atoms with E-state index in [0.29, 0.717) is 0 Å². The van der Waals surface area contributed by atoms with Crippen molar-refractivity contribution < 1.29 is 9.30 Å². The van der Waals surface area contributed by atoms with E-state index in [4.69, 9.17) is 9.72 Å². The fraction of sp³-hybridized carbons (Fsp3) is 0.296. The van der Waals surface area contributed by atoms with E-state index in [0.717, 1.165) is 45.1 Å². The van der Waals surface area contributed by atoms with Gasteiger partial charge in [-0.15, -0.1) is 0 Å². The Morgan fingerprint density at radius 2 is 0.961 bits per heavy atom. The lowest BCUT2D eigenvalue weighted by Crippen LogP contribution is -2.41. The zero-order valence-electron chi connectivity index (χ0n) is 47.6. The van der Waals surface area contributed by atoms with E-state index < -0.39 is 0 Å². The molecule has 0 aliphatic carbocycles. The van der Waals surface area contributed by atoms with Crippen molar-refractivity contribution in [2.45, 2.75) is 136 Å². The number of benzene rings is 7. The van der Waals surface area contributed by atoms with Gasteiger partial charge in [0.1, 0.15) is 17.3 Å². The summed E-state index contributed by atoms with van der Waals surface area (Å²) in [6.45, 7) is 34.7. The van der Waals surface area contributed by atoms with Crippen molar-refractivity contribution in [3.05, 3.63) is 245 Å². The number of rotatable bonds is 11. The average molecular weight is 1000 g/mol. The Morgan fingerprint density at radius 1 is 0.408 bits per heavy atom. The number of hydrogen-bond acceptors (Lipinski definition) is 2. The molecule has 7 aromatic carbocycles. The van der Waals surface area contributed by atoms with E-state index in [1.54, 1.807) is 0 Å². The molecule has 0 aliphatic rings. The van der Waals surface area contributed by atoms with Crippen molar-refractivity contribution in [3.8, 4) is 28.7 Å². The number of hydrogen-bond donors (Lipinski definition) is 0. The van der Waals surface area contributed by atoms with Gasteiger partial charge in [0.05, 0.1) is 33.8 Å². The third-order valence-corrected chi connectivity index (χ3v) is 16.0. The maximum atomic E-state index is 6.99. The van der Waals surface area contributed by atoms with Crippen LogP contribution < -0.4 is 9.30 Å². The molecule has 0 saturated carbocycles. The first-order valence-electron chi connectivity index (χ1n) is 27.1. The monoisotopic (exact) mass is 1000 g/mol. The van der Waals surface area contributed by atoms with Gasteiger partial charge < -0.3 is 4.74 Å². The minimum atomic E-state index is -0.283. The van der Waals surface area contributed by atoms with E-state index in [1.807, 2.05) is 6.20 Å². The van der Waals surface area contributed by atoms with Gasteiger partial charge in [-0.05, 0) is 122 Å². The molecule has 0 N–H and O–H groups in total. The second kappa shape index (κ2) is 19.0. The highest BCUT2D eigenvalue weighted by Crippen LogP contribution is 2.43. The molecule has 3 heterocycles. The summed E-state index contributed by atoms with van der Waals surface area (Å²) >= 11 is 0. The van der Waals surface area contributed by atoms with Crippen LogP contribution in [-0.2, 0) is 32.5 Å². The molecule has 0 bridgehead atoms. The van der Waals surface area contributed by atoms with Crippen molar-refractivity contribution in [3.63, 3.8) is 0 Å². The molecule has 0 unspecified atom stereocenters. The van der Waals surface area contributed by atoms with Gasteiger partial charge in [0.15, 0.2) is 0 Å². The Labute approximate surface area is 452 Å². The minimum absolute atomic E-state index is 0.0505. The molecule has 0 spiro atoms. The van der Waals surface area contributed by atoms with Crippen LogP contribution in [0, 0.1) is 6.33 Å². The van der Waals surface area contributed by atoms with Crippen LogP contribution in [0.4, 0.5) is 0 Å². The van der Waals surface area contributed by atoms with E-state index in [9.17, 15) is 0 Å². The molecule has 5 nitrogen and oxygen atoms in total. The quantitative estimate of drug-likeness (QED) is 0.0956. The second-order valence-electron chi connectivity index (χ2n) is 25.7. The van der Waals surface area contributed by atoms with E-state index in [2.05, 4.69) is 306 Å².